The second kappa shape index (κ2) is 4.83. The minimum absolute atomic E-state index is 0.132. The Kier molecular flexibility index (Phi) is 3.45. The molecule has 1 heterocycles. The zero-order chi connectivity index (χ0) is 10.4. The van der Waals surface area contributed by atoms with Gasteiger partial charge >= 0.3 is 0 Å². The molecule has 0 aliphatic rings. The van der Waals surface area contributed by atoms with Crippen LogP contribution in [0.5, 0.6) is 0 Å². The molecule has 1 aromatic heterocycles. The number of allylic oxidation sites excluding steroid dienone is 3. The van der Waals surface area contributed by atoms with Crippen molar-refractivity contribution in [3.63, 3.8) is 0 Å². The summed E-state index contributed by atoms with van der Waals surface area (Å²) in [6.45, 7) is 1.36. The fourth-order valence-electron chi connectivity index (χ4n) is 0.859. The molecule has 70 valence electrons. The van der Waals surface area contributed by atoms with Gasteiger partial charge in [-0.05, 0) is 31.2 Å². The van der Waals surface area contributed by atoms with E-state index in [9.17, 15) is 4.79 Å². The Hall–Kier alpha value is -2.08. The number of hydrogen-bond acceptors (Lipinski definition) is 3. The Morgan fingerprint density at radius 1 is 1.64 bits per heavy atom. The number of nitrogens with zero attached hydrogens (tertiary/aromatic N) is 1. The first-order valence-electron chi connectivity index (χ1n) is 4.07. The molecule has 0 aliphatic carbocycles. The second-order valence-electron chi connectivity index (χ2n) is 2.62. The SMILES string of the molecule is CC(=O)/C(C#N)=C/C=C/c1ccco1. The fourth-order valence-corrected chi connectivity index (χ4v) is 0.859. The molecule has 1 aromatic rings. The Labute approximate surface area is 82.0 Å². The highest BCUT2D eigenvalue weighted by atomic mass is 16.3. The standard InChI is InChI=1S/C11H9NO2/c1-9(13)10(8-12)4-2-5-11-6-3-7-14-11/h2-7H,1H3/b5-2+,10-4+. The van der Waals surface area contributed by atoms with E-state index in [2.05, 4.69) is 0 Å². The zero-order valence-electron chi connectivity index (χ0n) is 7.73. The summed E-state index contributed by atoms with van der Waals surface area (Å²) >= 11 is 0. The summed E-state index contributed by atoms with van der Waals surface area (Å²) in [5.41, 5.74) is 0.132. The van der Waals surface area contributed by atoms with Crippen molar-refractivity contribution in [2.75, 3.05) is 0 Å². The molecule has 14 heavy (non-hydrogen) atoms. The molecular weight excluding hydrogens is 178 g/mol. The lowest BCUT2D eigenvalue weighted by atomic mass is 10.2. The third kappa shape index (κ3) is 2.76. The van der Waals surface area contributed by atoms with Crippen LogP contribution in [0.15, 0.2) is 40.5 Å². The first-order valence-corrected chi connectivity index (χ1v) is 4.07. The molecule has 0 atom stereocenters. The van der Waals surface area contributed by atoms with Crippen molar-refractivity contribution < 1.29 is 9.21 Å². The van der Waals surface area contributed by atoms with Gasteiger partial charge in [0.25, 0.3) is 0 Å². The minimum atomic E-state index is -0.239. The van der Waals surface area contributed by atoms with Gasteiger partial charge in [-0.15, -0.1) is 0 Å². The van der Waals surface area contributed by atoms with Gasteiger partial charge in [-0.1, -0.05) is 6.08 Å². The third-order valence-corrected chi connectivity index (χ3v) is 1.57. The number of carbonyl (C=O) groups is 1. The molecule has 0 spiro atoms. The Balaban J connectivity index is 2.71. The number of rotatable bonds is 3. The molecule has 0 amide bonds. The van der Waals surface area contributed by atoms with Crippen LogP contribution in [0.3, 0.4) is 0 Å². The summed E-state index contributed by atoms with van der Waals surface area (Å²) in [5.74, 6) is 0.443. The van der Waals surface area contributed by atoms with Crippen LogP contribution in [-0.2, 0) is 4.79 Å². The van der Waals surface area contributed by atoms with E-state index in [1.165, 1.54) is 13.0 Å². The summed E-state index contributed by atoms with van der Waals surface area (Å²) < 4.78 is 5.03. The van der Waals surface area contributed by atoms with Crippen LogP contribution in [-0.4, -0.2) is 5.78 Å². The van der Waals surface area contributed by atoms with Gasteiger partial charge in [0, 0.05) is 0 Å². The topological polar surface area (TPSA) is 54.0 Å². The highest BCUT2D eigenvalue weighted by Gasteiger charge is 1.98. The van der Waals surface area contributed by atoms with Gasteiger partial charge in [0.15, 0.2) is 5.78 Å². The summed E-state index contributed by atoms with van der Waals surface area (Å²) in [6, 6.07) is 5.36. The second-order valence-corrected chi connectivity index (χ2v) is 2.62. The number of nitriles is 1. The maximum absolute atomic E-state index is 10.8. The number of carbonyl (C=O) groups excluding carboxylic acids is 1. The van der Waals surface area contributed by atoms with Crippen molar-refractivity contribution in [2.24, 2.45) is 0 Å². The highest BCUT2D eigenvalue weighted by molar-refractivity contribution is 5.97. The molecule has 0 aromatic carbocycles. The van der Waals surface area contributed by atoms with Crippen LogP contribution in [0, 0.1) is 11.3 Å². The molecule has 3 nitrogen and oxygen atoms in total. The van der Waals surface area contributed by atoms with Gasteiger partial charge < -0.3 is 4.42 Å². The van der Waals surface area contributed by atoms with E-state index in [1.54, 1.807) is 30.5 Å². The van der Waals surface area contributed by atoms with Crippen molar-refractivity contribution in [2.45, 2.75) is 6.92 Å². The molecule has 0 unspecified atom stereocenters. The van der Waals surface area contributed by atoms with Crippen LogP contribution in [0.2, 0.25) is 0 Å². The molecule has 3 heteroatoms. The monoisotopic (exact) mass is 187 g/mol. The van der Waals surface area contributed by atoms with Crippen LogP contribution in [0.4, 0.5) is 0 Å². The van der Waals surface area contributed by atoms with E-state index in [1.807, 2.05) is 6.07 Å². The van der Waals surface area contributed by atoms with Crippen molar-refractivity contribution in [1.82, 2.24) is 0 Å². The van der Waals surface area contributed by atoms with E-state index < -0.39 is 0 Å². The number of hydrogen-bond donors (Lipinski definition) is 0. The quantitative estimate of drug-likeness (QED) is 0.414. The summed E-state index contributed by atoms with van der Waals surface area (Å²) in [5, 5.41) is 8.56. The van der Waals surface area contributed by atoms with Crippen molar-refractivity contribution >= 4 is 11.9 Å². The Morgan fingerprint density at radius 2 is 2.43 bits per heavy atom. The van der Waals surface area contributed by atoms with Crippen LogP contribution < -0.4 is 0 Å². The molecular formula is C11H9NO2. The smallest absolute Gasteiger partial charge is 0.170 e. The van der Waals surface area contributed by atoms with Crippen LogP contribution in [0.1, 0.15) is 12.7 Å². The molecule has 0 radical (unpaired) electrons. The number of ketones is 1. The maximum atomic E-state index is 10.8. The molecule has 0 N–H and O–H groups in total. The third-order valence-electron chi connectivity index (χ3n) is 1.57. The van der Waals surface area contributed by atoms with Crippen molar-refractivity contribution in [1.29, 1.82) is 5.26 Å². The molecule has 0 fully saturated rings. The summed E-state index contributed by atoms with van der Waals surface area (Å²) in [6.07, 6.45) is 6.31. The predicted octanol–water partition coefficient (Wildman–Crippen LogP) is 2.33. The van der Waals surface area contributed by atoms with Crippen molar-refractivity contribution in [3.8, 4) is 6.07 Å². The van der Waals surface area contributed by atoms with E-state index in [0.717, 1.165) is 0 Å². The molecule has 0 aliphatic heterocycles. The Morgan fingerprint density at radius 3 is 2.93 bits per heavy atom. The molecule has 0 saturated heterocycles. The summed E-state index contributed by atoms with van der Waals surface area (Å²) in [4.78, 5) is 10.8. The largest absolute Gasteiger partial charge is 0.465 e. The van der Waals surface area contributed by atoms with E-state index in [4.69, 9.17) is 9.68 Å². The van der Waals surface area contributed by atoms with Gasteiger partial charge in [0.05, 0.1) is 11.8 Å². The van der Waals surface area contributed by atoms with E-state index in [-0.39, 0.29) is 11.4 Å². The Bertz CT molecular complexity index is 405. The minimum Gasteiger partial charge on any atom is -0.465 e. The van der Waals surface area contributed by atoms with E-state index in [0.29, 0.717) is 5.76 Å². The van der Waals surface area contributed by atoms with Crippen molar-refractivity contribution in [3.05, 3.63) is 41.9 Å². The van der Waals surface area contributed by atoms with Gasteiger partial charge in [0.1, 0.15) is 11.8 Å². The van der Waals surface area contributed by atoms with Crippen LogP contribution >= 0.6 is 0 Å². The lowest BCUT2D eigenvalue weighted by Gasteiger charge is -1.85. The van der Waals surface area contributed by atoms with Crippen LogP contribution in [0.25, 0.3) is 6.08 Å². The normalized spacial score (nSPS) is 11.6. The van der Waals surface area contributed by atoms with Gasteiger partial charge in [-0.25, -0.2) is 0 Å². The molecule has 0 saturated carbocycles. The fraction of sp³-hybridized carbons (Fsp3) is 0.0909. The average molecular weight is 187 g/mol. The highest BCUT2D eigenvalue weighted by Crippen LogP contribution is 2.03. The first kappa shape index (κ1) is 10.0. The van der Waals surface area contributed by atoms with E-state index >= 15 is 0 Å². The lowest BCUT2D eigenvalue weighted by molar-refractivity contribution is -0.113. The molecule has 0 bridgehead atoms. The maximum Gasteiger partial charge on any atom is 0.170 e. The average Bonchev–Trinajstić information content (AvgIpc) is 2.64. The number of Topliss-reactive ketones (excluding diaryl/α,β-unsaturated/α-hetero) is 1. The first-order chi connectivity index (χ1) is 6.74. The molecule has 1 rings (SSSR count). The van der Waals surface area contributed by atoms with Gasteiger partial charge in [-0.2, -0.15) is 5.26 Å². The van der Waals surface area contributed by atoms with Gasteiger partial charge in [0.2, 0.25) is 0 Å². The predicted molar refractivity (Wildman–Crippen MR) is 52.1 cm³/mol. The zero-order valence-corrected chi connectivity index (χ0v) is 7.73. The lowest BCUT2D eigenvalue weighted by Crippen LogP contribution is -1.91. The van der Waals surface area contributed by atoms with Gasteiger partial charge in [-0.3, -0.25) is 4.79 Å². The number of furan rings is 1. The summed E-state index contributed by atoms with van der Waals surface area (Å²) in [7, 11) is 0.